The summed E-state index contributed by atoms with van der Waals surface area (Å²) < 4.78 is 25.8. The Morgan fingerprint density at radius 1 is 0.952 bits per heavy atom. The molecule has 0 spiro atoms. The molecule has 0 amide bonds. The Hall–Kier alpha value is -0.170. The number of piperidine rings is 2. The van der Waals surface area contributed by atoms with Crippen LogP contribution in [0, 0.1) is 0 Å². The van der Waals surface area contributed by atoms with E-state index in [0.717, 1.165) is 19.4 Å². The molecule has 0 unspecified atom stereocenters. The largest absolute Gasteiger partial charge is 0.311 e. The fourth-order valence-corrected chi connectivity index (χ4v) is 4.98. The highest BCUT2D eigenvalue weighted by atomic mass is 32.2. The minimum Gasteiger partial charge on any atom is -0.311 e. The lowest BCUT2D eigenvalue weighted by Crippen LogP contribution is -2.50. The van der Waals surface area contributed by atoms with Gasteiger partial charge in [-0.05, 0) is 51.7 Å². The van der Waals surface area contributed by atoms with Crippen molar-refractivity contribution in [3.63, 3.8) is 0 Å². The topological polar surface area (TPSA) is 52.7 Å². The normalized spacial score (nSPS) is 24.5. The molecule has 2 fully saturated rings. The maximum Gasteiger partial charge on any atom is 0.214 e. The first kappa shape index (κ1) is 17.2. The third-order valence-electron chi connectivity index (χ3n) is 4.82. The first-order chi connectivity index (χ1) is 10.0. The summed E-state index contributed by atoms with van der Waals surface area (Å²) in [6.45, 7) is 9.06. The van der Waals surface area contributed by atoms with Crippen molar-refractivity contribution in [1.29, 1.82) is 0 Å². The molecule has 0 bridgehead atoms. The van der Waals surface area contributed by atoms with E-state index in [9.17, 15) is 8.42 Å². The molecule has 124 valence electrons. The minimum atomic E-state index is -3.00. The molecule has 2 aliphatic heterocycles. The second-order valence-corrected chi connectivity index (χ2v) is 8.45. The molecule has 0 saturated carbocycles. The van der Waals surface area contributed by atoms with Gasteiger partial charge in [-0.1, -0.05) is 13.8 Å². The molecular formula is C15H31N3O2S. The fourth-order valence-electron chi connectivity index (χ4n) is 3.44. The van der Waals surface area contributed by atoms with Gasteiger partial charge in [-0.2, -0.15) is 0 Å². The molecule has 2 heterocycles. The van der Waals surface area contributed by atoms with Crippen LogP contribution < -0.4 is 5.32 Å². The monoisotopic (exact) mass is 317 g/mol. The maximum atomic E-state index is 12.1. The number of nitrogens with zero attached hydrogens (tertiary/aromatic N) is 2. The zero-order chi connectivity index (χ0) is 15.3. The van der Waals surface area contributed by atoms with Crippen LogP contribution in [0.25, 0.3) is 0 Å². The zero-order valence-corrected chi connectivity index (χ0v) is 14.4. The Morgan fingerprint density at radius 2 is 1.48 bits per heavy atom. The third kappa shape index (κ3) is 4.91. The summed E-state index contributed by atoms with van der Waals surface area (Å²) in [6.07, 6.45) is 5.06. The van der Waals surface area contributed by atoms with E-state index in [-0.39, 0.29) is 0 Å². The van der Waals surface area contributed by atoms with Gasteiger partial charge in [0.05, 0.1) is 5.75 Å². The van der Waals surface area contributed by atoms with Crippen LogP contribution in [0.1, 0.15) is 46.0 Å². The lowest BCUT2D eigenvalue weighted by Gasteiger charge is -2.37. The molecule has 5 nitrogen and oxygen atoms in total. The standard InChI is InChI=1S/C15H31N3O2S/c1-3-13-21(19,20)18-11-7-15(8-12-18)16-14-5-9-17(4-2)10-6-14/h14-16H,3-13H2,1-2H3. The number of rotatable bonds is 6. The number of likely N-dealkylation sites (tertiary alicyclic amines) is 1. The smallest absolute Gasteiger partial charge is 0.214 e. The number of hydrogen-bond acceptors (Lipinski definition) is 4. The van der Waals surface area contributed by atoms with E-state index in [2.05, 4.69) is 17.1 Å². The third-order valence-corrected chi connectivity index (χ3v) is 6.89. The van der Waals surface area contributed by atoms with E-state index in [1.54, 1.807) is 4.31 Å². The predicted molar refractivity (Wildman–Crippen MR) is 86.9 cm³/mol. The van der Waals surface area contributed by atoms with Gasteiger partial charge in [0, 0.05) is 25.2 Å². The number of nitrogens with one attached hydrogen (secondary N) is 1. The van der Waals surface area contributed by atoms with E-state index >= 15 is 0 Å². The van der Waals surface area contributed by atoms with Crippen LogP contribution in [-0.4, -0.2) is 68.2 Å². The molecule has 2 saturated heterocycles. The molecule has 1 N–H and O–H groups in total. The first-order valence-electron chi connectivity index (χ1n) is 8.51. The molecule has 0 aromatic rings. The highest BCUT2D eigenvalue weighted by molar-refractivity contribution is 7.89. The van der Waals surface area contributed by atoms with E-state index in [1.165, 1.54) is 25.9 Å². The summed E-state index contributed by atoms with van der Waals surface area (Å²) in [5, 5.41) is 3.76. The van der Waals surface area contributed by atoms with Gasteiger partial charge in [0.15, 0.2) is 0 Å². The Morgan fingerprint density at radius 3 is 1.95 bits per heavy atom. The van der Waals surface area contributed by atoms with Gasteiger partial charge in [-0.3, -0.25) is 0 Å². The molecule has 0 atom stereocenters. The molecule has 2 rings (SSSR count). The summed E-state index contributed by atoms with van der Waals surface area (Å²) in [5.41, 5.74) is 0. The summed E-state index contributed by atoms with van der Waals surface area (Å²) in [6, 6.07) is 1.12. The van der Waals surface area contributed by atoms with Crippen LogP contribution >= 0.6 is 0 Å². The fraction of sp³-hybridized carbons (Fsp3) is 1.00. The van der Waals surface area contributed by atoms with Crippen molar-refractivity contribution in [3.05, 3.63) is 0 Å². The Bertz CT molecular complexity index is 397. The van der Waals surface area contributed by atoms with E-state index in [1.807, 2.05) is 6.92 Å². The Kier molecular flexibility index (Phi) is 6.47. The Balaban J connectivity index is 1.72. The van der Waals surface area contributed by atoms with Gasteiger partial charge in [0.2, 0.25) is 10.0 Å². The molecule has 0 aromatic carbocycles. The quantitative estimate of drug-likeness (QED) is 0.801. The zero-order valence-electron chi connectivity index (χ0n) is 13.6. The summed E-state index contributed by atoms with van der Waals surface area (Å²) in [4.78, 5) is 2.50. The molecular weight excluding hydrogens is 286 g/mol. The van der Waals surface area contributed by atoms with Crippen molar-refractivity contribution >= 4 is 10.0 Å². The summed E-state index contributed by atoms with van der Waals surface area (Å²) >= 11 is 0. The average molecular weight is 317 g/mol. The van der Waals surface area contributed by atoms with E-state index < -0.39 is 10.0 Å². The number of sulfonamides is 1. The lowest BCUT2D eigenvalue weighted by atomic mass is 10.0. The van der Waals surface area contributed by atoms with Crippen LogP contribution in [0.4, 0.5) is 0 Å². The highest BCUT2D eigenvalue weighted by Gasteiger charge is 2.29. The van der Waals surface area contributed by atoms with Gasteiger partial charge in [-0.15, -0.1) is 0 Å². The van der Waals surface area contributed by atoms with Crippen LogP contribution in [-0.2, 0) is 10.0 Å². The van der Waals surface area contributed by atoms with Crippen molar-refractivity contribution in [1.82, 2.24) is 14.5 Å². The molecule has 0 aliphatic carbocycles. The van der Waals surface area contributed by atoms with Gasteiger partial charge in [0.25, 0.3) is 0 Å². The van der Waals surface area contributed by atoms with Crippen molar-refractivity contribution < 1.29 is 8.42 Å². The predicted octanol–water partition coefficient (Wildman–Crippen LogP) is 1.26. The first-order valence-corrected chi connectivity index (χ1v) is 10.1. The second-order valence-electron chi connectivity index (χ2n) is 6.36. The molecule has 0 aromatic heterocycles. The molecule has 2 aliphatic rings. The second kappa shape index (κ2) is 7.90. The van der Waals surface area contributed by atoms with Crippen molar-refractivity contribution in [2.45, 2.75) is 58.0 Å². The van der Waals surface area contributed by atoms with Crippen LogP contribution in [0.15, 0.2) is 0 Å². The lowest BCUT2D eigenvalue weighted by molar-refractivity contribution is 0.185. The summed E-state index contributed by atoms with van der Waals surface area (Å²) in [5.74, 6) is 0.292. The van der Waals surface area contributed by atoms with Gasteiger partial charge in [0.1, 0.15) is 0 Å². The van der Waals surface area contributed by atoms with Crippen LogP contribution in [0.3, 0.4) is 0 Å². The van der Waals surface area contributed by atoms with Gasteiger partial charge >= 0.3 is 0 Å². The van der Waals surface area contributed by atoms with E-state index in [4.69, 9.17) is 0 Å². The SMILES string of the molecule is CCCS(=O)(=O)N1CCC(NC2CCN(CC)CC2)CC1. The van der Waals surface area contributed by atoms with Crippen molar-refractivity contribution in [3.8, 4) is 0 Å². The molecule has 0 radical (unpaired) electrons. The van der Waals surface area contributed by atoms with Crippen molar-refractivity contribution in [2.24, 2.45) is 0 Å². The molecule has 6 heteroatoms. The van der Waals surface area contributed by atoms with Crippen molar-refractivity contribution in [2.75, 3.05) is 38.5 Å². The number of hydrogen-bond donors (Lipinski definition) is 1. The van der Waals surface area contributed by atoms with Crippen LogP contribution in [0.2, 0.25) is 0 Å². The average Bonchev–Trinajstić information content (AvgIpc) is 2.48. The maximum absolute atomic E-state index is 12.1. The summed E-state index contributed by atoms with van der Waals surface area (Å²) in [7, 11) is -3.00. The van der Waals surface area contributed by atoms with Gasteiger partial charge in [-0.25, -0.2) is 12.7 Å². The molecule has 21 heavy (non-hydrogen) atoms. The van der Waals surface area contributed by atoms with Gasteiger partial charge < -0.3 is 10.2 Å². The van der Waals surface area contributed by atoms with E-state index in [0.29, 0.717) is 37.3 Å². The highest BCUT2D eigenvalue weighted by Crippen LogP contribution is 2.18. The minimum absolute atomic E-state index is 0.292. The Labute approximate surface area is 130 Å². The van der Waals surface area contributed by atoms with Crippen LogP contribution in [0.5, 0.6) is 0 Å².